The number of nitrogen functional groups attached to an aromatic ring is 2. The minimum Gasteiger partial charge on any atom is -0.397 e. The third-order valence-corrected chi connectivity index (χ3v) is 2.91. The van der Waals surface area contributed by atoms with E-state index in [1.54, 1.807) is 18.2 Å². The Morgan fingerprint density at radius 1 is 0.882 bits per heavy atom. The Labute approximate surface area is 96.9 Å². The van der Waals surface area contributed by atoms with Gasteiger partial charge in [0.15, 0.2) is 5.43 Å². The first-order chi connectivity index (χ1) is 8.16. The van der Waals surface area contributed by atoms with Gasteiger partial charge in [0.2, 0.25) is 0 Å². The Morgan fingerprint density at radius 2 is 1.59 bits per heavy atom. The third-order valence-electron chi connectivity index (χ3n) is 2.91. The van der Waals surface area contributed by atoms with E-state index in [4.69, 9.17) is 11.5 Å². The molecule has 1 heterocycles. The Morgan fingerprint density at radius 3 is 2.41 bits per heavy atom. The van der Waals surface area contributed by atoms with Gasteiger partial charge in [-0.3, -0.25) is 4.79 Å². The minimum atomic E-state index is -0.0268. The van der Waals surface area contributed by atoms with E-state index in [2.05, 4.69) is 4.98 Å². The maximum absolute atomic E-state index is 12.2. The molecule has 0 spiro atoms. The van der Waals surface area contributed by atoms with Crippen LogP contribution in [0.4, 0.5) is 11.4 Å². The van der Waals surface area contributed by atoms with Crippen LogP contribution in [0.3, 0.4) is 0 Å². The molecule has 0 unspecified atom stereocenters. The molecule has 0 aliphatic rings. The number of rotatable bonds is 0. The highest BCUT2D eigenvalue weighted by atomic mass is 16.1. The summed E-state index contributed by atoms with van der Waals surface area (Å²) in [5.41, 5.74) is 13.8. The van der Waals surface area contributed by atoms with Crippen molar-refractivity contribution in [3.05, 3.63) is 46.6 Å². The molecule has 2 aromatic carbocycles. The first kappa shape index (κ1) is 9.72. The molecule has 4 nitrogen and oxygen atoms in total. The summed E-state index contributed by atoms with van der Waals surface area (Å²) in [7, 11) is 0. The summed E-state index contributed by atoms with van der Waals surface area (Å²) in [6, 6.07) is 10.7. The van der Waals surface area contributed by atoms with Gasteiger partial charge in [-0.15, -0.1) is 0 Å². The summed E-state index contributed by atoms with van der Waals surface area (Å²) in [6.07, 6.45) is 0. The number of fused-ring (bicyclic) bond motifs is 2. The van der Waals surface area contributed by atoms with Crippen LogP contribution in [0.2, 0.25) is 0 Å². The fourth-order valence-corrected chi connectivity index (χ4v) is 2.00. The number of para-hydroxylation sites is 1. The molecule has 0 bridgehead atoms. The largest absolute Gasteiger partial charge is 0.397 e. The lowest BCUT2D eigenvalue weighted by molar-refractivity contribution is 1.48. The number of pyridine rings is 1. The molecule has 17 heavy (non-hydrogen) atoms. The molecule has 0 saturated heterocycles. The SMILES string of the molecule is Nc1cc2[nH]c3ccccc3c(=O)c2cc1N. The quantitative estimate of drug-likeness (QED) is 0.403. The number of nitrogens with two attached hydrogens (primary N) is 2. The highest BCUT2D eigenvalue weighted by Gasteiger charge is 2.06. The topological polar surface area (TPSA) is 84.9 Å². The number of hydrogen-bond acceptors (Lipinski definition) is 3. The minimum absolute atomic E-state index is 0.0268. The van der Waals surface area contributed by atoms with Crippen LogP contribution in [-0.4, -0.2) is 4.98 Å². The summed E-state index contributed by atoms with van der Waals surface area (Å²) < 4.78 is 0. The summed E-state index contributed by atoms with van der Waals surface area (Å²) >= 11 is 0. The molecule has 0 amide bonds. The van der Waals surface area contributed by atoms with E-state index >= 15 is 0 Å². The molecule has 0 aliphatic heterocycles. The molecule has 0 radical (unpaired) electrons. The van der Waals surface area contributed by atoms with Crippen molar-refractivity contribution < 1.29 is 0 Å². The van der Waals surface area contributed by atoms with Gasteiger partial charge in [-0.05, 0) is 24.3 Å². The first-order valence-electron chi connectivity index (χ1n) is 5.26. The molecule has 4 heteroatoms. The second kappa shape index (κ2) is 3.25. The summed E-state index contributed by atoms with van der Waals surface area (Å²) in [5, 5.41) is 1.22. The van der Waals surface area contributed by atoms with Gasteiger partial charge >= 0.3 is 0 Å². The fraction of sp³-hybridized carbons (Fsp3) is 0. The van der Waals surface area contributed by atoms with E-state index in [1.807, 2.05) is 18.2 Å². The van der Waals surface area contributed by atoms with Crippen LogP contribution in [0.15, 0.2) is 41.2 Å². The van der Waals surface area contributed by atoms with Gasteiger partial charge in [0, 0.05) is 16.3 Å². The van der Waals surface area contributed by atoms with Gasteiger partial charge in [-0.25, -0.2) is 0 Å². The summed E-state index contributed by atoms with van der Waals surface area (Å²) in [5.74, 6) is 0. The number of benzene rings is 2. The lowest BCUT2D eigenvalue weighted by atomic mass is 10.1. The van der Waals surface area contributed by atoms with E-state index in [0.717, 1.165) is 5.52 Å². The Bertz CT molecular complexity index is 790. The van der Waals surface area contributed by atoms with Crippen LogP contribution >= 0.6 is 0 Å². The Balaban J connectivity index is 2.60. The Kier molecular flexibility index (Phi) is 1.86. The predicted molar refractivity (Wildman–Crippen MR) is 70.9 cm³/mol. The standard InChI is InChI=1S/C13H11N3O/c14-9-5-8-12(6-10(9)15)16-11-4-2-1-3-7(11)13(8)17/h1-6H,14-15H2,(H,16,17). The van der Waals surface area contributed by atoms with Crippen LogP contribution in [0.5, 0.6) is 0 Å². The van der Waals surface area contributed by atoms with Crippen LogP contribution in [0, 0.1) is 0 Å². The molecule has 5 N–H and O–H groups in total. The van der Waals surface area contributed by atoms with Crippen molar-refractivity contribution in [1.82, 2.24) is 4.98 Å². The molecule has 84 valence electrons. The van der Waals surface area contributed by atoms with Crippen molar-refractivity contribution in [3.63, 3.8) is 0 Å². The lowest BCUT2D eigenvalue weighted by Crippen LogP contribution is -2.06. The molecule has 3 rings (SSSR count). The first-order valence-corrected chi connectivity index (χ1v) is 5.26. The van der Waals surface area contributed by atoms with E-state index in [-0.39, 0.29) is 5.43 Å². The smallest absolute Gasteiger partial charge is 0.197 e. The molecular weight excluding hydrogens is 214 g/mol. The monoisotopic (exact) mass is 225 g/mol. The summed E-state index contributed by atoms with van der Waals surface area (Å²) in [6.45, 7) is 0. The van der Waals surface area contributed by atoms with Crippen molar-refractivity contribution in [3.8, 4) is 0 Å². The van der Waals surface area contributed by atoms with E-state index in [1.165, 1.54) is 0 Å². The zero-order chi connectivity index (χ0) is 12.0. The van der Waals surface area contributed by atoms with Gasteiger partial charge in [0.05, 0.1) is 16.9 Å². The maximum Gasteiger partial charge on any atom is 0.197 e. The number of nitrogens with one attached hydrogen (secondary N) is 1. The average molecular weight is 225 g/mol. The zero-order valence-corrected chi connectivity index (χ0v) is 9.03. The number of hydrogen-bond donors (Lipinski definition) is 3. The highest BCUT2D eigenvalue weighted by Crippen LogP contribution is 2.22. The number of aromatic nitrogens is 1. The summed E-state index contributed by atoms with van der Waals surface area (Å²) in [4.78, 5) is 15.4. The van der Waals surface area contributed by atoms with E-state index < -0.39 is 0 Å². The van der Waals surface area contributed by atoms with Gasteiger partial charge < -0.3 is 16.5 Å². The van der Waals surface area contributed by atoms with Crippen molar-refractivity contribution >= 4 is 33.2 Å². The molecule has 1 aromatic heterocycles. The fourth-order valence-electron chi connectivity index (χ4n) is 2.00. The van der Waals surface area contributed by atoms with Gasteiger partial charge in [0.1, 0.15) is 0 Å². The van der Waals surface area contributed by atoms with Crippen LogP contribution in [0.1, 0.15) is 0 Å². The third kappa shape index (κ3) is 1.34. The molecule has 0 saturated carbocycles. The van der Waals surface area contributed by atoms with Gasteiger partial charge in [-0.1, -0.05) is 12.1 Å². The molecule has 0 fully saturated rings. The normalized spacial score (nSPS) is 11.1. The van der Waals surface area contributed by atoms with Crippen molar-refractivity contribution in [1.29, 1.82) is 0 Å². The van der Waals surface area contributed by atoms with Gasteiger partial charge in [0.25, 0.3) is 0 Å². The van der Waals surface area contributed by atoms with Gasteiger partial charge in [-0.2, -0.15) is 0 Å². The zero-order valence-electron chi connectivity index (χ0n) is 9.03. The van der Waals surface area contributed by atoms with Crippen LogP contribution in [-0.2, 0) is 0 Å². The molecular formula is C13H11N3O. The number of H-pyrrole nitrogens is 1. The van der Waals surface area contributed by atoms with Crippen molar-refractivity contribution in [2.75, 3.05) is 11.5 Å². The number of anilines is 2. The lowest BCUT2D eigenvalue weighted by Gasteiger charge is -2.05. The second-order valence-electron chi connectivity index (χ2n) is 4.03. The van der Waals surface area contributed by atoms with Crippen LogP contribution in [0.25, 0.3) is 21.8 Å². The number of aromatic amines is 1. The molecule has 3 aromatic rings. The van der Waals surface area contributed by atoms with Crippen molar-refractivity contribution in [2.24, 2.45) is 0 Å². The highest BCUT2D eigenvalue weighted by molar-refractivity contribution is 5.96. The molecule has 0 atom stereocenters. The van der Waals surface area contributed by atoms with E-state index in [0.29, 0.717) is 27.7 Å². The average Bonchev–Trinajstić information content (AvgIpc) is 2.32. The predicted octanol–water partition coefficient (Wildman–Crippen LogP) is 1.85. The Hall–Kier alpha value is -2.49. The van der Waals surface area contributed by atoms with E-state index in [9.17, 15) is 4.79 Å². The maximum atomic E-state index is 12.2. The second-order valence-corrected chi connectivity index (χ2v) is 4.03. The molecule has 0 aliphatic carbocycles. The van der Waals surface area contributed by atoms with Crippen LogP contribution < -0.4 is 16.9 Å². The van der Waals surface area contributed by atoms with Crippen molar-refractivity contribution in [2.45, 2.75) is 0 Å².